The quantitative estimate of drug-likeness (QED) is 0.874. The van der Waals surface area contributed by atoms with Crippen molar-refractivity contribution in [2.24, 2.45) is 5.92 Å². The molecule has 0 aliphatic carbocycles. The predicted octanol–water partition coefficient (Wildman–Crippen LogP) is 3.98. The lowest BCUT2D eigenvalue weighted by atomic mass is 9.95. The van der Waals surface area contributed by atoms with Crippen LogP contribution in [0.15, 0.2) is 27.1 Å². The Balaban J connectivity index is 1.81. The summed E-state index contributed by atoms with van der Waals surface area (Å²) in [5, 5.41) is 3.39. The molecule has 17 heavy (non-hydrogen) atoms. The topological polar surface area (TPSA) is 21.3 Å². The first kappa shape index (κ1) is 13.4. The molecule has 2 nitrogen and oxygen atoms in total. The minimum absolute atomic E-state index is 0.798. The van der Waals surface area contributed by atoms with Gasteiger partial charge in [-0.3, -0.25) is 0 Å². The van der Waals surface area contributed by atoms with Crippen LogP contribution >= 0.6 is 31.9 Å². The molecular formula is C13H17Br2NO. The number of piperidine rings is 1. The van der Waals surface area contributed by atoms with E-state index in [0.29, 0.717) is 0 Å². The van der Waals surface area contributed by atoms with Gasteiger partial charge in [-0.25, -0.2) is 0 Å². The van der Waals surface area contributed by atoms with Gasteiger partial charge in [0, 0.05) is 0 Å². The molecule has 1 aromatic carbocycles. The van der Waals surface area contributed by atoms with Crippen molar-refractivity contribution in [3.05, 3.63) is 27.1 Å². The van der Waals surface area contributed by atoms with E-state index in [0.717, 1.165) is 46.7 Å². The Kier molecular flexibility index (Phi) is 5.32. The highest BCUT2D eigenvalue weighted by Crippen LogP contribution is 2.33. The van der Waals surface area contributed by atoms with Gasteiger partial charge in [0.2, 0.25) is 0 Å². The molecular weight excluding hydrogens is 346 g/mol. The van der Waals surface area contributed by atoms with Crippen LogP contribution in [0.3, 0.4) is 0 Å². The maximum absolute atomic E-state index is 5.86. The van der Waals surface area contributed by atoms with Crippen LogP contribution in [0.1, 0.15) is 19.3 Å². The molecule has 0 aromatic heterocycles. The highest BCUT2D eigenvalue weighted by Gasteiger charge is 2.13. The van der Waals surface area contributed by atoms with E-state index < -0.39 is 0 Å². The highest BCUT2D eigenvalue weighted by atomic mass is 79.9. The molecule has 1 aliphatic rings. The molecule has 0 unspecified atom stereocenters. The molecule has 0 amide bonds. The van der Waals surface area contributed by atoms with Gasteiger partial charge in [-0.1, -0.05) is 6.07 Å². The molecule has 2 rings (SSSR count). The Morgan fingerprint density at radius 1 is 1.18 bits per heavy atom. The largest absolute Gasteiger partial charge is 0.491 e. The Morgan fingerprint density at radius 3 is 2.47 bits per heavy atom. The van der Waals surface area contributed by atoms with Crippen LogP contribution < -0.4 is 10.1 Å². The summed E-state index contributed by atoms with van der Waals surface area (Å²) < 4.78 is 7.88. The van der Waals surface area contributed by atoms with Crippen molar-refractivity contribution in [3.63, 3.8) is 0 Å². The third-order valence-corrected chi connectivity index (χ3v) is 4.40. The zero-order chi connectivity index (χ0) is 12.1. The number of nitrogens with one attached hydrogen (secondary N) is 1. The highest BCUT2D eigenvalue weighted by molar-refractivity contribution is 9.11. The van der Waals surface area contributed by atoms with E-state index in [1.807, 2.05) is 18.2 Å². The third kappa shape index (κ3) is 3.97. The molecule has 1 aliphatic heterocycles. The Morgan fingerprint density at radius 2 is 1.82 bits per heavy atom. The van der Waals surface area contributed by atoms with E-state index in [1.165, 1.54) is 12.8 Å². The molecule has 1 saturated heterocycles. The smallest absolute Gasteiger partial charge is 0.147 e. The molecule has 1 aromatic rings. The lowest BCUT2D eigenvalue weighted by Gasteiger charge is -2.22. The first-order chi connectivity index (χ1) is 8.27. The van der Waals surface area contributed by atoms with Crippen LogP contribution in [0.5, 0.6) is 5.75 Å². The fourth-order valence-corrected chi connectivity index (χ4v) is 3.35. The van der Waals surface area contributed by atoms with E-state index in [2.05, 4.69) is 37.2 Å². The lowest BCUT2D eigenvalue weighted by Crippen LogP contribution is -2.28. The maximum atomic E-state index is 5.86. The Hall–Kier alpha value is -0.0600. The van der Waals surface area contributed by atoms with Gasteiger partial charge in [0.05, 0.1) is 15.6 Å². The van der Waals surface area contributed by atoms with Crippen molar-refractivity contribution in [2.75, 3.05) is 19.7 Å². The van der Waals surface area contributed by atoms with E-state index in [-0.39, 0.29) is 0 Å². The number of hydrogen-bond donors (Lipinski definition) is 1. The normalized spacial score (nSPS) is 17.1. The first-order valence-corrected chi connectivity index (χ1v) is 7.63. The number of hydrogen-bond acceptors (Lipinski definition) is 2. The van der Waals surface area contributed by atoms with E-state index in [1.54, 1.807) is 0 Å². The Labute approximate surface area is 119 Å². The predicted molar refractivity (Wildman–Crippen MR) is 77.5 cm³/mol. The second-order valence-corrected chi connectivity index (χ2v) is 6.09. The van der Waals surface area contributed by atoms with Gasteiger partial charge in [0.25, 0.3) is 0 Å². The van der Waals surface area contributed by atoms with Gasteiger partial charge in [-0.05, 0) is 82.3 Å². The monoisotopic (exact) mass is 361 g/mol. The summed E-state index contributed by atoms with van der Waals surface area (Å²) in [6, 6.07) is 6.00. The second-order valence-electron chi connectivity index (χ2n) is 4.38. The van der Waals surface area contributed by atoms with E-state index >= 15 is 0 Å². The summed E-state index contributed by atoms with van der Waals surface area (Å²) in [5.41, 5.74) is 0. The molecule has 1 heterocycles. The SMILES string of the molecule is Brc1cccc(Br)c1OCCC1CCNCC1. The van der Waals surface area contributed by atoms with Crippen LogP contribution in [-0.4, -0.2) is 19.7 Å². The van der Waals surface area contributed by atoms with Crippen molar-refractivity contribution >= 4 is 31.9 Å². The lowest BCUT2D eigenvalue weighted by molar-refractivity contribution is 0.250. The zero-order valence-electron chi connectivity index (χ0n) is 9.72. The van der Waals surface area contributed by atoms with Crippen molar-refractivity contribution in [2.45, 2.75) is 19.3 Å². The van der Waals surface area contributed by atoms with Crippen LogP contribution in [0.4, 0.5) is 0 Å². The van der Waals surface area contributed by atoms with Crippen LogP contribution in [0.25, 0.3) is 0 Å². The molecule has 1 N–H and O–H groups in total. The summed E-state index contributed by atoms with van der Waals surface area (Å²) in [6.07, 6.45) is 3.70. The van der Waals surface area contributed by atoms with Crippen molar-refractivity contribution in [3.8, 4) is 5.75 Å². The maximum Gasteiger partial charge on any atom is 0.147 e. The number of halogens is 2. The first-order valence-electron chi connectivity index (χ1n) is 6.05. The van der Waals surface area contributed by atoms with Gasteiger partial charge < -0.3 is 10.1 Å². The van der Waals surface area contributed by atoms with Crippen LogP contribution in [0.2, 0.25) is 0 Å². The molecule has 94 valence electrons. The van der Waals surface area contributed by atoms with Gasteiger partial charge in [0.15, 0.2) is 0 Å². The summed E-state index contributed by atoms with van der Waals surface area (Å²) in [7, 11) is 0. The summed E-state index contributed by atoms with van der Waals surface area (Å²) >= 11 is 7.02. The fourth-order valence-electron chi connectivity index (χ4n) is 2.12. The molecule has 1 fully saturated rings. The minimum Gasteiger partial charge on any atom is -0.491 e. The van der Waals surface area contributed by atoms with Crippen molar-refractivity contribution < 1.29 is 4.74 Å². The standard InChI is InChI=1S/C13H17Br2NO/c14-11-2-1-3-12(15)13(11)17-9-6-10-4-7-16-8-5-10/h1-3,10,16H,4-9H2. The second kappa shape index (κ2) is 6.76. The molecule has 0 spiro atoms. The van der Waals surface area contributed by atoms with Gasteiger partial charge in [-0.15, -0.1) is 0 Å². The van der Waals surface area contributed by atoms with Gasteiger partial charge >= 0.3 is 0 Å². The summed E-state index contributed by atoms with van der Waals surface area (Å²) in [5.74, 6) is 1.74. The molecule has 0 radical (unpaired) electrons. The van der Waals surface area contributed by atoms with Gasteiger partial charge in [-0.2, -0.15) is 0 Å². The average molecular weight is 363 g/mol. The molecule has 0 saturated carbocycles. The molecule has 0 bridgehead atoms. The number of benzene rings is 1. The van der Waals surface area contributed by atoms with E-state index in [4.69, 9.17) is 4.74 Å². The van der Waals surface area contributed by atoms with Crippen molar-refractivity contribution in [1.82, 2.24) is 5.32 Å². The van der Waals surface area contributed by atoms with Crippen LogP contribution in [-0.2, 0) is 0 Å². The third-order valence-electron chi connectivity index (χ3n) is 3.15. The number of para-hydroxylation sites is 1. The molecule has 0 atom stereocenters. The number of rotatable bonds is 4. The Bertz CT molecular complexity index is 344. The number of ether oxygens (including phenoxy) is 1. The van der Waals surface area contributed by atoms with Crippen molar-refractivity contribution in [1.29, 1.82) is 0 Å². The van der Waals surface area contributed by atoms with E-state index in [9.17, 15) is 0 Å². The zero-order valence-corrected chi connectivity index (χ0v) is 12.9. The fraction of sp³-hybridized carbons (Fsp3) is 0.538. The van der Waals surface area contributed by atoms with Gasteiger partial charge in [0.1, 0.15) is 5.75 Å². The summed E-state index contributed by atoms with van der Waals surface area (Å²) in [4.78, 5) is 0. The average Bonchev–Trinajstić information content (AvgIpc) is 2.34. The minimum atomic E-state index is 0.798. The molecule has 4 heteroatoms. The summed E-state index contributed by atoms with van der Waals surface area (Å²) in [6.45, 7) is 3.11. The van der Waals surface area contributed by atoms with Crippen LogP contribution in [0, 0.1) is 5.92 Å².